The molecule has 0 amide bonds. The number of nitrogens with zero attached hydrogens (tertiary/aromatic N) is 1. The molecule has 72 valence electrons. The highest BCUT2D eigenvalue weighted by Gasteiger charge is 2.15. The van der Waals surface area contributed by atoms with Gasteiger partial charge in [-0.1, -0.05) is 17.7 Å². The molecule has 1 aromatic heterocycles. The van der Waals surface area contributed by atoms with E-state index >= 15 is 0 Å². The Bertz CT molecular complexity index is 288. The van der Waals surface area contributed by atoms with Crippen molar-refractivity contribution in [2.24, 2.45) is 0 Å². The van der Waals surface area contributed by atoms with E-state index in [1.54, 1.807) is 0 Å². The van der Waals surface area contributed by atoms with Gasteiger partial charge < -0.3 is 10.2 Å². The Hall–Kier alpha value is -0.840. The van der Waals surface area contributed by atoms with Gasteiger partial charge in [-0.05, 0) is 6.07 Å². The van der Waals surface area contributed by atoms with Crippen LogP contribution in [0.5, 0.6) is 0 Å². The number of pyridine rings is 1. The molecule has 0 aromatic carbocycles. The van der Waals surface area contributed by atoms with Crippen LogP contribution in [0, 0.1) is 0 Å². The Labute approximate surface area is 85.6 Å². The molecule has 0 aliphatic rings. The van der Waals surface area contributed by atoms with Crippen LogP contribution in [0.2, 0.25) is 5.15 Å². The molecule has 2 N–H and O–H groups in total. The van der Waals surface area contributed by atoms with Crippen molar-refractivity contribution in [1.82, 2.24) is 4.98 Å². The molecule has 4 nitrogen and oxygen atoms in total. The van der Waals surface area contributed by atoms with Crippen molar-refractivity contribution in [1.29, 1.82) is 0 Å². The van der Waals surface area contributed by atoms with Crippen molar-refractivity contribution in [2.45, 2.75) is 6.10 Å². The van der Waals surface area contributed by atoms with E-state index in [2.05, 4.69) is 4.98 Å². The number of aromatic nitrogens is 1. The number of hydrogen-bond donors (Lipinski definition) is 2. The van der Waals surface area contributed by atoms with Gasteiger partial charge in [0.05, 0.1) is 0 Å². The zero-order chi connectivity index (χ0) is 9.14. The summed E-state index contributed by atoms with van der Waals surface area (Å²) in [4.78, 5) is 13.9. The SMILES string of the molecule is Cl.O=C(O)C(O)c1ccc(Cl)nc1. The first-order valence-electron chi connectivity index (χ1n) is 3.13. The molecular weight excluding hydrogens is 217 g/mol. The molecule has 0 saturated carbocycles. The van der Waals surface area contributed by atoms with Crippen LogP contribution in [-0.2, 0) is 4.79 Å². The van der Waals surface area contributed by atoms with E-state index in [-0.39, 0.29) is 23.1 Å². The molecule has 0 fully saturated rings. The van der Waals surface area contributed by atoms with Crippen molar-refractivity contribution in [3.63, 3.8) is 0 Å². The lowest BCUT2D eigenvalue weighted by Crippen LogP contribution is -2.10. The van der Waals surface area contributed by atoms with Gasteiger partial charge in [-0.15, -0.1) is 12.4 Å². The molecular formula is C7H7Cl2NO3. The van der Waals surface area contributed by atoms with E-state index in [9.17, 15) is 4.79 Å². The highest BCUT2D eigenvalue weighted by Crippen LogP contribution is 2.13. The predicted molar refractivity (Wildman–Crippen MR) is 49.1 cm³/mol. The van der Waals surface area contributed by atoms with E-state index in [0.717, 1.165) is 0 Å². The highest BCUT2D eigenvalue weighted by molar-refractivity contribution is 6.29. The molecule has 13 heavy (non-hydrogen) atoms. The van der Waals surface area contributed by atoms with Crippen LogP contribution < -0.4 is 0 Å². The van der Waals surface area contributed by atoms with Crippen molar-refractivity contribution in [3.05, 3.63) is 29.0 Å². The van der Waals surface area contributed by atoms with Gasteiger partial charge in [0.25, 0.3) is 0 Å². The van der Waals surface area contributed by atoms with Crippen LogP contribution in [0.1, 0.15) is 11.7 Å². The zero-order valence-electron chi connectivity index (χ0n) is 6.35. The summed E-state index contributed by atoms with van der Waals surface area (Å²) in [5.41, 5.74) is 0.215. The number of aliphatic hydroxyl groups is 1. The maximum atomic E-state index is 10.3. The van der Waals surface area contributed by atoms with E-state index in [4.69, 9.17) is 21.8 Å². The summed E-state index contributed by atoms with van der Waals surface area (Å²) in [5.74, 6) is -1.31. The third-order valence-corrected chi connectivity index (χ3v) is 1.52. The monoisotopic (exact) mass is 223 g/mol. The number of rotatable bonds is 2. The quantitative estimate of drug-likeness (QED) is 0.742. The van der Waals surface area contributed by atoms with Gasteiger partial charge in [-0.2, -0.15) is 0 Å². The molecule has 0 radical (unpaired) electrons. The zero-order valence-corrected chi connectivity index (χ0v) is 7.92. The normalized spacial score (nSPS) is 11.5. The van der Waals surface area contributed by atoms with Gasteiger partial charge in [0.2, 0.25) is 0 Å². The fraction of sp³-hybridized carbons (Fsp3) is 0.143. The third kappa shape index (κ3) is 3.18. The molecule has 1 rings (SSSR count). The third-order valence-electron chi connectivity index (χ3n) is 1.30. The summed E-state index contributed by atoms with van der Waals surface area (Å²) < 4.78 is 0. The molecule has 1 aromatic rings. The molecule has 0 bridgehead atoms. The first-order chi connectivity index (χ1) is 5.61. The standard InChI is InChI=1S/C7H6ClNO3.ClH/c8-5-2-1-4(3-9-5)6(10)7(11)12;/h1-3,6,10H,(H,11,12);1H. The first-order valence-corrected chi connectivity index (χ1v) is 3.51. The molecule has 0 aliphatic carbocycles. The summed E-state index contributed by atoms with van der Waals surface area (Å²) >= 11 is 5.46. The van der Waals surface area contributed by atoms with E-state index in [1.165, 1.54) is 18.3 Å². The number of aliphatic hydroxyl groups excluding tert-OH is 1. The van der Waals surface area contributed by atoms with Crippen molar-refractivity contribution in [2.75, 3.05) is 0 Å². The number of carbonyl (C=O) groups is 1. The van der Waals surface area contributed by atoms with Crippen LogP contribution in [0.4, 0.5) is 0 Å². The summed E-state index contributed by atoms with van der Waals surface area (Å²) in [5, 5.41) is 17.7. The van der Waals surface area contributed by atoms with Crippen LogP contribution in [-0.4, -0.2) is 21.2 Å². The minimum Gasteiger partial charge on any atom is -0.479 e. The molecule has 1 unspecified atom stereocenters. The van der Waals surface area contributed by atoms with Gasteiger partial charge in [-0.3, -0.25) is 0 Å². The summed E-state index contributed by atoms with van der Waals surface area (Å²) in [6.45, 7) is 0. The molecule has 1 heterocycles. The second kappa shape index (κ2) is 5.01. The molecule has 0 spiro atoms. The Morgan fingerprint density at radius 1 is 1.54 bits per heavy atom. The Kier molecular flexibility index (Phi) is 4.69. The largest absolute Gasteiger partial charge is 0.479 e. The average molecular weight is 224 g/mol. The van der Waals surface area contributed by atoms with Gasteiger partial charge in [0.1, 0.15) is 5.15 Å². The maximum absolute atomic E-state index is 10.3. The van der Waals surface area contributed by atoms with E-state index in [0.29, 0.717) is 0 Å². The number of carboxylic acids is 1. The smallest absolute Gasteiger partial charge is 0.337 e. The predicted octanol–water partition coefficient (Wildman–Crippen LogP) is 1.27. The summed E-state index contributed by atoms with van der Waals surface area (Å²) in [6.07, 6.45) is -0.309. The molecule has 1 atom stereocenters. The number of aliphatic carboxylic acids is 1. The lowest BCUT2D eigenvalue weighted by Gasteiger charge is -2.03. The Morgan fingerprint density at radius 3 is 2.54 bits per heavy atom. The van der Waals surface area contributed by atoms with Gasteiger partial charge in [0.15, 0.2) is 6.10 Å². The van der Waals surface area contributed by atoms with E-state index < -0.39 is 12.1 Å². The number of hydrogen-bond acceptors (Lipinski definition) is 3. The Morgan fingerprint density at radius 2 is 2.15 bits per heavy atom. The topological polar surface area (TPSA) is 70.4 Å². The first kappa shape index (κ1) is 12.2. The fourth-order valence-electron chi connectivity index (χ4n) is 0.692. The lowest BCUT2D eigenvalue weighted by molar-refractivity contribution is -0.146. The minimum absolute atomic E-state index is 0. The molecule has 6 heteroatoms. The van der Waals surface area contributed by atoms with Crippen molar-refractivity contribution < 1.29 is 15.0 Å². The van der Waals surface area contributed by atoms with Crippen LogP contribution in [0.25, 0.3) is 0 Å². The van der Waals surface area contributed by atoms with Gasteiger partial charge in [-0.25, -0.2) is 9.78 Å². The average Bonchev–Trinajstić information content (AvgIpc) is 2.04. The minimum atomic E-state index is -1.53. The summed E-state index contributed by atoms with van der Waals surface area (Å²) in [6, 6.07) is 2.83. The molecule has 0 aliphatic heterocycles. The molecule has 0 saturated heterocycles. The van der Waals surface area contributed by atoms with Crippen molar-refractivity contribution in [3.8, 4) is 0 Å². The van der Waals surface area contributed by atoms with Crippen LogP contribution in [0.3, 0.4) is 0 Å². The van der Waals surface area contributed by atoms with Crippen LogP contribution >= 0.6 is 24.0 Å². The van der Waals surface area contributed by atoms with Gasteiger partial charge in [0, 0.05) is 11.8 Å². The highest BCUT2D eigenvalue weighted by atomic mass is 35.5. The second-order valence-corrected chi connectivity index (χ2v) is 2.54. The maximum Gasteiger partial charge on any atom is 0.337 e. The Balaban J connectivity index is 0.00000144. The van der Waals surface area contributed by atoms with Crippen LogP contribution in [0.15, 0.2) is 18.3 Å². The second-order valence-electron chi connectivity index (χ2n) is 2.16. The van der Waals surface area contributed by atoms with E-state index in [1.807, 2.05) is 0 Å². The van der Waals surface area contributed by atoms with Gasteiger partial charge >= 0.3 is 5.97 Å². The summed E-state index contributed by atoms with van der Waals surface area (Å²) in [7, 11) is 0. The number of halogens is 2. The van der Waals surface area contributed by atoms with Crippen molar-refractivity contribution >= 4 is 30.0 Å². The number of carboxylic acid groups (broad SMARTS) is 1. The lowest BCUT2D eigenvalue weighted by atomic mass is 10.2. The fourth-order valence-corrected chi connectivity index (χ4v) is 0.803.